The summed E-state index contributed by atoms with van der Waals surface area (Å²) in [6.45, 7) is 0. The zero-order chi connectivity index (χ0) is 12.3. The molecule has 1 heterocycles. The number of hydrogen-bond donors (Lipinski definition) is 1. The van der Waals surface area contributed by atoms with E-state index in [1.54, 1.807) is 12.1 Å². The first-order valence-electron chi connectivity index (χ1n) is 4.86. The SMILES string of the molecule is CS(=O)c1cc(Oc2ccccc2)nc(N)n1. The number of aromatic nitrogens is 2. The Bertz CT molecular complexity index is 546. The summed E-state index contributed by atoms with van der Waals surface area (Å²) in [4.78, 5) is 7.78. The molecule has 0 aliphatic carbocycles. The number of nitrogens with zero attached hydrogens (tertiary/aromatic N) is 2. The molecule has 1 unspecified atom stereocenters. The zero-order valence-corrected chi connectivity index (χ0v) is 9.98. The van der Waals surface area contributed by atoms with Crippen molar-refractivity contribution in [2.45, 2.75) is 5.03 Å². The number of benzene rings is 1. The van der Waals surface area contributed by atoms with Crippen LogP contribution in [0.3, 0.4) is 0 Å². The van der Waals surface area contributed by atoms with E-state index < -0.39 is 10.8 Å². The van der Waals surface area contributed by atoms with Gasteiger partial charge in [-0.1, -0.05) is 18.2 Å². The Morgan fingerprint density at radius 3 is 2.59 bits per heavy atom. The molecule has 1 aromatic heterocycles. The molecule has 17 heavy (non-hydrogen) atoms. The van der Waals surface area contributed by atoms with Gasteiger partial charge in [-0.2, -0.15) is 4.98 Å². The van der Waals surface area contributed by atoms with Crippen molar-refractivity contribution in [1.82, 2.24) is 9.97 Å². The second-order valence-corrected chi connectivity index (χ2v) is 4.60. The third-order valence-electron chi connectivity index (χ3n) is 1.96. The van der Waals surface area contributed by atoms with Gasteiger partial charge in [0.25, 0.3) is 0 Å². The smallest absolute Gasteiger partial charge is 0.225 e. The predicted octanol–water partition coefficient (Wildman–Crippen LogP) is 1.59. The van der Waals surface area contributed by atoms with E-state index in [0.29, 0.717) is 10.8 Å². The third kappa shape index (κ3) is 3.01. The molecule has 0 radical (unpaired) electrons. The largest absolute Gasteiger partial charge is 0.439 e. The molecule has 88 valence electrons. The van der Waals surface area contributed by atoms with Crippen molar-refractivity contribution in [2.75, 3.05) is 12.0 Å². The maximum Gasteiger partial charge on any atom is 0.225 e. The van der Waals surface area contributed by atoms with Crippen LogP contribution in [-0.2, 0) is 10.8 Å². The fourth-order valence-corrected chi connectivity index (χ4v) is 1.72. The summed E-state index contributed by atoms with van der Waals surface area (Å²) in [5.41, 5.74) is 5.51. The van der Waals surface area contributed by atoms with Gasteiger partial charge in [-0.05, 0) is 12.1 Å². The highest BCUT2D eigenvalue weighted by atomic mass is 32.2. The summed E-state index contributed by atoms with van der Waals surface area (Å²) >= 11 is 0. The second kappa shape index (κ2) is 4.92. The molecule has 6 heteroatoms. The summed E-state index contributed by atoms with van der Waals surface area (Å²) in [6, 6.07) is 10.7. The molecular formula is C11H11N3O2S. The molecule has 0 saturated carbocycles. The minimum absolute atomic E-state index is 0.0450. The highest BCUT2D eigenvalue weighted by Crippen LogP contribution is 2.20. The molecule has 1 atom stereocenters. The highest BCUT2D eigenvalue weighted by Gasteiger charge is 2.07. The fraction of sp³-hybridized carbons (Fsp3) is 0.0909. The Labute approximate surface area is 101 Å². The van der Waals surface area contributed by atoms with Gasteiger partial charge in [0.05, 0.1) is 10.8 Å². The van der Waals surface area contributed by atoms with Crippen molar-refractivity contribution < 1.29 is 8.95 Å². The maximum atomic E-state index is 11.3. The van der Waals surface area contributed by atoms with Crippen LogP contribution in [0.25, 0.3) is 0 Å². The molecule has 1 aromatic carbocycles. The van der Waals surface area contributed by atoms with Crippen LogP contribution in [0.15, 0.2) is 41.4 Å². The number of ether oxygens (including phenoxy) is 1. The summed E-state index contributed by atoms with van der Waals surface area (Å²) in [5.74, 6) is 0.968. The van der Waals surface area contributed by atoms with E-state index in [0.717, 1.165) is 0 Å². The van der Waals surface area contributed by atoms with Gasteiger partial charge in [0.15, 0.2) is 0 Å². The lowest BCUT2D eigenvalue weighted by Gasteiger charge is -2.05. The number of para-hydroxylation sites is 1. The van der Waals surface area contributed by atoms with Gasteiger partial charge in [-0.25, -0.2) is 4.98 Å². The van der Waals surface area contributed by atoms with Gasteiger partial charge >= 0.3 is 0 Å². The first-order valence-corrected chi connectivity index (χ1v) is 6.42. The summed E-state index contributed by atoms with van der Waals surface area (Å²) in [6.07, 6.45) is 1.52. The van der Waals surface area contributed by atoms with Crippen molar-refractivity contribution in [2.24, 2.45) is 0 Å². The normalized spacial score (nSPS) is 12.1. The number of nitrogen functional groups attached to an aromatic ring is 1. The third-order valence-corrected chi connectivity index (χ3v) is 2.75. The van der Waals surface area contributed by atoms with Crippen LogP contribution in [0, 0.1) is 0 Å². The molecule has 0 spiro atoms. The Kier molecular flexibility index (Phi) is 3.34. The number of anilines is 1. The quantitative estimate of drug-likeness (QED) is 0.836. The van der Waals surface area contributed by atoms with Crippen LogP contribution in [0.5, 0.6) is 11.6 Å². The van der Waals surface area contributed by atoms with Crippen molar-refractivity contribution >= 4 is 16.7 Å². The van der Waals surface area contributed by atoms with Gasteiger partial charge in [-0.3, -0.25) is 4.21 Å². The van der Waals surface area contributed by atoms with E-state index in [4.69, 9.17) is 10.5 Å². The monoisotopic (exact) mass is 249 g/mol. The minimum atomic E-state index is -1.22. The van der Waals surface area contributed by atoms with E-state index in [2.05, 4.69) is 9.97 Å². The Morgan fingerprint density at radius 1 is 1.24 bits per heavy atom. The fourth-order valence-electron chi connectivity index (χ4n) is 1.23. The van der Waals surface area contributed by atoms with Gasteiger partial charge in [-0.15, -0.1) is 0 Å². The van der Waals surface area contributed by atoms with Crippen LogP contribution in [0.1, 0.15) is 0 Å². The molecule has 5 nitrogen and oxygen atoms in total. The molecule has 0 aliphatic heterocycles. The van der Waals surface area contributed by atoms with E-state index in [1.165, 1.54) is 12.3 Å². The summed E-state index contributed by atoms with van der Waals surface area (Å²) < 4.78 is 16.8. The molecule has 0 fully saturated rings. The van der Waals surface area contributed by atoms with E-state index in [1.807, 2.05) is 18.2 Å². The molecule has 0 aliphatic rings. The lowest BCUT2D eigenvalue weighted by Crippen LogP contribution is -2.02. The van der Waals surface area contributed by atoms with E-state index >= 15 is 0 Å². The van der Waals surface area contributed by atoms with E-state index in [-0.39, 0.29) is 11.8 Å². The molecule has 0 bridgehead atoms. The first kappa shape index (κ1) is 11.5. The van der Waals surface area contributed by atoms with Crippen molar-refractivity contribution in [3.63, 3.8) is 0 Å². The zero-order valence-electron chi connectivity index (χ0n) is 9.16. The van der Waals surface area contributed by atoms with Crippen molar-refractivity contribution in [3.8, 4) is 11.6 Å². The number of nitrogens with two attached hydrogens (primary N) is 1. The average Bonchev–Trinajstić information content (AvgIpc) is 2.29. The Balaban J connectivity index is 2.30. The molecular weight excluding hydrogens is 238 g/mol. The second-order valence-electron chi connectivity index (χ2n) is 3.27. The summed E-state index contributed by atoms with van der Waals surface area (Å²) in [7, 11) is -1.22. The topological polar surface area (TPSA) is 78.1 Å². The van der Waals surface area contributed by atoms with Crippen LogP contribution in [0.2, 0.25) is 0 Å². The Morgan fingerprint density at radius 2 is 1.94 bits per heavy atom. The minimum Gasteiger partial charge on any atom is -0.439 e. The van der Waals surface area contributed by atoms with Gasteiger partial charge in [0, 0.05) is 12.3 Å². The Hall–Kier alpha value is -1.95. The van der Waals surface area contributed by atoms with Crippen molar-refractivity contribution in [3.05, 3.63) is 36.4 Å². The van der Waals surface area contributed by atoms with Gasteiger partial charge < -0.3 is 10.5 Å². The lowest BCUT2D eigenvalue weighted by atomic mass is 10.3. The number of rotatable bonds is 3. The lowest BCUT2D eigenvalue weighted by molar-refractivity contribution is 0.460. The van der Waals surface area contributed by atoms with Gasteiger partial charge in [0.1, 0.15) is 10.8 Å². The standard InChI is InChI=1S/C11H11N3O2S/c1-17(15)10-7-9(13-11(12)14-10)16-8-5-3-2-4-6-8/h2-7H,1H3,(H2,12,13,14). The highest BCUT2D eigenvalue weighted by molar-refractivity contribution is 7.84. The number of hydrogen-bond acceptors (Lipinski definition) is 5. The van der Waals surface area contributed by atoms with Crippen LogP contribution >= 0.6 is 0 Å². The van der Waals surface area contributed by atoms with Crippen molar-refractivity contribution in [1.29, 1.82) is 0 Å². The molecule has 0 amide bonds. The van der Waals surface area contributed by atoms with E-state index in [9.17, 15) is 4.21 Å². The average molecular weight is 249 g/mol. The first-order chi connectivity index (χ1) is 8.15. The summed E-state index contributed by atoms with van der Waals surface area (Å²) in [5, 5.41) is 0.350. The molecule has 2 N–H and O–H groups in total. The van der Waals surface area contributed by atoms with Crippen LogP contribution in [0.4, 0.5) is 5.95 Å². The maximum absolute atomic E-state index is 11.3. The predicted molar refractivity (Wildman–Crippen MR) is 65.3 cm³/mol. The van der Waals surface area contributed by atoms with Crippen LogP contribution < -0.4 is 10.5 Å². The molecule has 2 rings (SSSR count). The molecule has 2 aromatic rings. The molecule has 0 saturated heterocycles. The van der Waals surface area contributed by atoms with Gasteiger partial charge in [0.2, 0.25) is 11.8 Å². The van der Waals surface area contributed by atoms with Crippen LogP contribution in [-0.4, -0.2) is 20.4 Å².